The Morgan fingerprint density at radius 3 is 2.78 bits per heavy atom. The smallest absolute Gasteiger partial charge is 0.259 e. The molecule has 1 aromatic carbocycles. The lowest BCUT2D eigenvalue weighted by Gasteiger charge is -2.08. The second-order valence-corrected chi connectivity index (χ2v) is 7.09. The zero-order chi connectivity index (χ0) is 16.6. The first kappa shape index (κ1) is 15.8. The number of halogens is 1. The van der Waals surface area contributed by atoms with Crippen molar-refractivity contribution in [3.05, 3.63) is 62.3 Å². The fraction of sp³-hybridized carbons (Fsp3) is 0.176. The summed E-state index contributed by atoms with van der Waals surface area (Å²) in [5, 5.41) is 4.01. The van der Waals surface area contributed by atoms with E-state index in [1.54, 1.807) is 29.7 Å². The Bertz CT molecular complexity index is 959. The highest BCUT2D eigenvalue weighted by atomic mass is 35.5. The molecule has 118 valence electrons. The summed E-state index contributed by atoms with van der Waals surface area (Å²) in [5.41, 5.74) is 1.41. The number of hydrogen-bond acceptors (Lipinski definition) is 3. The van der Waals surface area contributed by atoms with Crippen LogP contribution in [0.15, 0.2) is 41.3 Å². The fourth-order valence-corrected chi connectivity index (χ4v) is 3.44. The van der Waals surface area contributed by atoms with Crippen molar-refractivity contribution in [3.8, 4) is 0 Å². The van der Waals surface area contributed by atoms with Crippen LogP contribution in [0.2, 0.25) is 5.02 Å². The van der Waals surface area contributed by atoms with Crippen LogP contribution < -0.4 is 10.9 Å². The molecule has 0 bridgehead atoms. The van der Waals surface area contributed by atoms with Crippen LogP contribution in [0.3, 0.4) is 0 Å². The molecule has 0 radical (unpaired) electrons. The third kappa shape index (κ3) is 3.30. The molecule has 2 aromatic heterocycles. The van der Waals surface area contributed by atoms with Crippen LogP contribution in [0.4, 0.5) is 5.69 Å². The van der Waals surface area contributed by atoms with Gasteiger partial charge in [0.15, 0.2) is 0 Å². The van der Waals surface area contributed by atoms with Crippen LogP contribution in [0.25, 0.3) is 10.1 Å². The second kappa shape index (κ2) is 6.18. The molecule has 1 N–H and O–H groups in total. The minimum atomic E-state index is -0.265. The van der Waals surface area contributed by atoms with Gasteiger partial charge in [0.25, 0.3) is 5.56 Å². The summed E-state index contributed by atoms with van der Waals surface area (Å²) in [5.74, 6) is -0.265. The Balaban J connectivity index is 1.81. The molecule has 6 heteroatoms. The average Bonchev–Trinajstić information content (AvgIpc) is 2.87. The lowest BCUT2D eigenvalue weighted by molar-refractivity contribution is -0.116. The van der Waals surface area contributed by atoms with E-state index in [4.69, 9.17) is 11.6 Å². The van der Waals surface area contributed by atoms with Crippen LogP contribution in [0, 0.1) is 13.8 Å². The van der Waals surface area contributed by atoms with Gasteiger partial charge in [0, 0.05) is 26.5 Å². The molecule has 2 heterocycles. The fourth-order valence-electron chi connectivity index (χ4n) is 2.35. The predicted molar refractivity (Wildman–Crippen MR) is 95.6 cm³/mol. The van der Waals surface area contributed by atoms with E-state index < -0.39 is 0 Å². The molecule has 0 aliphatic rings. The third-order valence-corrected chi connectivity index (χ3v) is 4.97. The SMILES string of the molecule is Cc1cc2c(=O)n(CC(=O)Nc3ccc(C)c(Cl)c3)ccc2s1. The van der Waals surface area contributed by atoms with E-state index in [-0.39, 0.29) is 18.0 Å². The Kier molecular flexibility index (Phi) is 4.24. The molecule has 4 nitrogen and oxygen atoms in total. The van der Waals surface area contributed by atoms with E-state index in [1.165, 1.54) is 4.57 Å². The van der Waals surface area contributed by atoms with Crippen LogP contribution in [-0.4, -0.2) is 10.5 Å². The van der Waals surface area contributed by atoms with E-state index in [1.807, 2.05) is 32.0 Å². The number of fused-ring (bicyclic) bond motifs is 1. The summed E-state index contributed by atoms with van der Waals surface area (Å²) in [4.78, 5) is 25.6. The van der Waals surface area contributed by atoms with Crippen molar-refractivity contribution < 1.29 is 4.79 Å². The molecule has 3 rings (SSSR count). The van der Waals surface area contributed by atoms with E-state index in [9.17, 15) is 9.59 Å². The summed E-state index contributed by atoms with van der Waals surface area (Å²) >= 11 is 7.62. The van der Waals surface area contributed by atoms with Gasteiger partial charge in [-0.1, -0.05) is 17.7 Å². The number of rotatable bonds is 3. The van der Waals surface area contributed by atoms with Gasteiger partial charge in [0.1, 0.15) is 6.54 Å². The molecule has 1 amide bonds. The highest BCUT2D eigenvalue weighted by Gasteiger charge is 2.10. The summed E-state index contributed by atoms with van der Waals surface area (Å²) in [6.07, 6.45) is 1.66. The maximum atomic E-state index is 12.4. The number of nitrogens with zero attached hydrogens (tertiary/aromatic N) is 1. The Hall–Kier alpha value is -2.11. The number of nitrogens with one attached hydrogen (secondary N) is 1. The Morgan fingerprint density at radius 2 is 2.04 bits per heavy atom. The second-order valence-electron chi connectivity index (χ2n) is 5.40. The first-order chi connectivity index (χ1) is 10.9. The molecule has 0 aliphatic heterocycles. The molecule has 0 saturated heterocycles. The lowest BCUT2D eigenvalue weighted by atomic mass is 10.2. The van der Waals surface area contributed by atoms with Crippen molar-refractivity contribution in [3.63, 3.8) is 0 Å². The van der Waals surface area contributed by atoms with Crippen molar-refractivity contribution in [1.29, 1.82) is 0 Å². The van der Waals surface area contributed by atoms with Crippen molar-refractivity contribution >= 4 is 44.6 Å². The summed E-state index contributed by atoms with van der Waals surface area (Å²) < 4.78 is 2.36. The zero-order valence-electron chi connectivity index (χ0n) is 12.7. The number of carbonyl (C=O) groups excluding carboxylic acids is 1. The highest BCUT2D eigenvalue weighted by Crippen LogP contribution is 2.22. The van der Waals surface area contributed by atoms with Crippen molar-refractivity contribution in [2.45, 2.75) is 20.4 Å². The van der Waals surface area contributed by atoms with Gasteiger partial charge in [-0.2, -0.15) is 0 Å². The van der Waals surface area contributed by atoms with Crippen LogP contribution >= 0.6 is 22.9 Å². The number of aryl methyl sites for hydroxylation is 2. The molecule has 23 heavy (non-hydrogen) atoms. The topological polar surface area (TPSA) is 51.1 Å². The molecule has 0 spiro atoms. The van der Waals surface area contributed by atoms with Crippen LogP contribution in [-0.2, 0) is 11.3 Å². The van der Waals surface area contributed by atoms with Gasteiger partial charge in [0.2, 0.25) is 5.91 Å². The highest BCUT2D eigenvalue weighted by molar-refractivity contribution is 7.18. The molecule has 0 atom stereocenters. The monoisotopic (exact) mass is 346 g/mol. The minimum absolute atomic E-state index is 0.0326. The molecular formula is C17H15ClN2O2S. The van der Waals surface area contributed by atoms with E-state index in [2.05, 4.69) is 5.32 Å². The van der Waals surface area contributed by atoms with E-state index in [0.29, 0.717) is 16.1 Å². The number of carbonyl (C=O) groups is 1. The number of pyridine rings is 1. The largest absolute Gasteiger partial charge is 0.324 e. The molecule has 0 unspecified atom stereocenters. The normalized spacial score (nSPS) is 10.9. The lowest BCUT2D eigenvalue weighted by Crippen LogP contribution is -2.27. The van der Waals surface area contributed by atoms with E-state index in [0.717, 1.165) is 15.1 Å². The van der Waals surface area contributed by atoms with Crippen LogP contribution in [0.5, 0.6) is 0 Å². The summed E-state index contributed by atoms with van der Waals surface area (Å²) in [6.45, 7) is 3.82. The van der Waals surface area contributed by atoms with Crippen LogP contribution in [0.1, 0.15) is 10.4 Å². The van der Waals surface area contributed by atoms with Crippen molar-refractivity contribution in [2.75, 3.05) is 5.32 Å². The first-order valence-electron chi connectivity index (χ1n) is 7.09. The van der Waals surface area contributed by atoms with Gasteiger partial charge in [-0.3, -0.25) is 9.59 Å². The van der Waals surface area contributed by atoms with Gasteiger partial charge in [-0.05, 0) is 43.7 Å². The van der Waals surface area contributed by atoms with E-state index >= 15 is 0 Å². The number of benzene rings is 1. The Labute approximate surface area is 142 Å². The number of aromatic nitrogens is 1. The standard InChI is InChI=1S/C17H15ClN2O2S/c1-10-3-4-12(8-14(10)18)19-16(21)9-20-6-5-15-13(17(20)22)7-11(2)23-15/h3-8H,9H2,1-2H3,(H,19,21). The molecule has 0 saturated carbocycles. The summed E-state index contributed by atoms with van der Waals surface area (Å²) in [6, 6.07) is 9.04. The van der Waals surface area contributed by atoms with Crippen molar-refractivity contribution in [1.82, 2.24) is 4.57 Å². The number of anilines is 1. The molecule has 0 fully saturated rings. The zero-order valence-corrected chi connectivity index (χ0v) is 14.3. The molecule has 0 aliphatic carbocycles. The van der Waals surface area contributed by atoms with Gasteiger partial charge >= 0.3 is 0 Å². The average molecular weight is 347 g/mol. The van der Waals surface area contributed by atoms with Gasteiger partial charge in [0.05, 0.1) is 5.39 Å². The number of amides is 1. The Morgan fingerprint density at radius 1 is 1.26 bits per heavy atom. The van der Waals surface area contributed by atoms with Gasteiger partial charge in [-0.25, -0.2) is 0 Å². The van der Waals surface area contributed by atoms with Gasteiger partial charge < -0.3 is 9.88 Å². The quantitative estimate of drug-likeness (QED) is 0.780. The molecule has 3 aromatic rings. The maximum absolute atomic E-state index is 12.4. The van der Waals surface area contributed by atoms with Gasteiger partial charge in [-0.15, -0.1) is 11.3 Å². The number of hydrogen-bond donors (Lipinski definition) is 1. The number of thiophene rings is 1. The predicted octanol–water partition coefficient (Wildman–Crippen LogP) is 3.97. The first-order valence-corrected chi connectivity index (χ1v) is 8.29. The minimum Gasteiger partial charge on any atom is -0.324 e. The maximum Gasteiger partial charge on any atom is 0.259 e. The van der Waals surface area contributed by atoms with Crippen molar-refractivity contribution in [2.24, 2.45) is 0 Å². The summed E-state index contributed by atoms with van der Waals surface area (Å²) in [7, 11) is 0. The third-order valence-electron chi connectivity index (χ3n) is 3.55. The molecular weight excluding hydrogens is 332 g/mol.